The van der Waals surface area contributed by atoms with Gasteiger partial charge in [0.25, 0.3) is 0 Å². The van der Waals surface area contributed by atoms with E-state index in [2.05, 4.69) is 15.1 Å². The molecule has 18 heavy (non-hydrogen) atoms. The quantitative estimate of drug-likeness (QED) is 0.785. The van der Waals surface area contributed by atoms with Crippen LogP contribution < -0.4 is 10.0 Å². The lowest BCUT2D eigenvalue weighted by Gasteiger charge is -2.26. The summed E-state index contributed by atoms with van der Waals surface area (Å²) in [5.74, 6) is 0. The fourth-order valence-corrected chi connectivity index (χ4v) is 3.35. The molecule has 1 aromatic rings. The number of nitrogens with zero attached hydrogens (tertiary/aromatic N) is 3. The van der Waals surface area contributed by atoms with Gasteiger partial charge in [-0.1, -0.05) is 0 Å². The van der Waals surface area contributed by atoms with E-state index in [0.29, 0.717) is 37.6 Å². The highest BCUT2D eigenvalue weighted by molar-refractivity contribution is 7.90. The zero-order valence-corrected chi connectivity index (χ0v) is 11.7. The van der Waals surface area contributed by atoms with E-state index < -0.39 is 10.2 Å². The fourth-order valence-electron chi connectivity index (χ4n) is 2.00. The molecule has 0 amide bonds. The normalized spacial score (nSPS) is 17.9. The minimum atomic E-state index is -3.48. The molecule has 1 aliphatic heterocycles. The van der Waals surface area contributed by atoms with E-state index in [4.69, 9.17) is 0 Å². The SMILES string of the molecule is Cc1nn(C)c(C)c1NS(=O)(=O)N1CCNCC1. The van der Waals surface area contributed by atoms with Gasteiger partial charge in [-0.05, 0) is 13.8 Å². The standard InChI is InChI=1S/C10H19N5O2S/c1-8-10(9(2)14(3)12-8)13-18(16,17)15-6-4-11-5-7-15/h11,13H,4-7H2,1-3H3. The van der Waals surface area contributed by atoms with Crippen LogP contribution in [0.2, 0.25) is 0 Å². The summed E-state index contributed by atoms with van der Waals surface area (Å²) in [6.07, 6.45) is 0. The molecular weight excluding hydrogens is 254 g/mol. The van der Waals surface area contributed by atoms with Crippen LogP contribution in [0.5, 0.6) is 0 Å². The van der Waals surface area contributed by atoms with Gasteiger partial charge in [-0.3, -0.25) is 9.40 Å². The van der Waals surface area contributed by atoms with Crippen LogP contribution in [0.15, 0.2) is 0 Å². The van der Waals surface area contributed by atoms with Crippen LogP contribution >= 0.6 is 0 Å². The summed E-state index contributed by atoms with van der Waals surface area (Å²) in [6.45, 7) is 6.00. The Labute approximate surface area is 107 Å². The first-order chi connectivity index (χ1) is 8.42. The highest BCUT2D eigenvalue weighted by Gasteiger charge is 2.25. The lowest BCUT2D eigenvalue weighted by atomic mass is 10.3. The van der Waals surface area contributed by atoms with Crippen LogP contribution in [0, 0.1) is 13.8 Å². The Balaban J connectivity index is 2.21. The van der Waals surface area contributed by atoms with Crippen molar-refractivity contribution in [2.45, 2.75) is 13.8 Å². The number of piperazine rings is 1. The van der Waals surface area contributed by atoms with Gasteiger partial charge in [0.2, 0.25) is 0 Å². The Bertz CT molecular complexity index is 531. The van der Waals surface area contributed by atoms with Crippen molar-refractivity contribution in [3.63, 3.8) is 0 Å². The predicted molar refractivity (Wildman–Crippen MR) is 69.7 cm³/mol. The van der Waals surface area contributed by atoms with Crippen molar-refractivity contribution >= 4 is 15.9 Å². The lowest BCUT2D eigenvalue weighted by Crippen LogP contribution is -2.48. The molecule has 0 saturated carbocycles. The highest BCUT2D eigenvalue weighted by Crippen LogP contribution is 2.20. The number of aromatic nitrogens is 2. The molecule has 0 spiro atoms. The van der Waals surface area contributed by atoms with Crippen LogP contribution in [0.4, 0.5) is 5.69 Å². The molecule has 1 saturated heterocycles. The first-order valence-corrected chi connectivity index (χ1v) is 7.34. The van der Waals surface area contributed by atoms with Crippen LogP contribution in [0.3, 0.4) is 0 Å². The second kappa shape index (κ2) is 4.87. The smallest absolute Gasteiger partial charge is 0.301 e. The number of aryl methyl sites for hydroxylation is 2. The van der Waals surface area contributed by atoms with Gasteiger partial charge in [-0.25, -0.2) is 0 Å². The van der Waals surface area contributed by atoms with E-state index in [1.165, 1.54) is 4.31 Å². The minimum absolute atomic E-state index is 0.494. The third-order valence-corrected chi connectivity index (χ3v) is 4.66. The Morgan fingerprint density at radius 3 is 2.39 bits per heavy atom. The second-order valence-electron chi connectivity index (χ2n) is 4.43. The molecule has 0 bridgehead atoms. The zero-order valence-electron chi connectivity index (χ0n) is 10.9. The van der Waals surface area contributed by atoms with E-state index in [0.717, 1.165) is 5.69 Å². The summed E-state index contributed by atoms with van der Waals surface area (Å²) in [5, 5.41) is 7.33. The second-order valence-corrected chi connectivity index (χ2v) is 6.10. The summed E-state index contributed by atoms with van der Waals surface area (Å²) in [6, 6.07) is 0. The molecule has 7 nitrogen and oxygen atoms in total. The summed E-state index contributed by atoms with van der Waals surface area (Å²) in [4.78, 5) is 0. The monoisotopic (exact) mass is 273 g/mol. The van der Waals surface area contributed by atoms with Gasteiger partial charge in [0.1, 0.15) is 0 Å². The topological polar surface area (TPSA) is 79.3 Å². The third-order valence-electron chi connectivity index (χ3n) is 3.16. The van der Waals surface area contributed by atoms with Crippen molar-refractivity contribution < 1.29 is 8.42 Å². The van der Waals surface area contributed by atoms with Crippen LogP contribution in [-0.4, -0.2) is 48.7 Å². The van der Waals surface area contributed by atoms with Gasteiger partial charge in [0, 0.05) is 33.2 Å². The number of hydrogen-bond acceptors (Lipinski definition) is 4. The molecule has 0 aromatic carbocycles. The van der Waals surface area contributed by atoms with E-state index in [1.54, 1.807) is 18.7 Å². The molecule has 0 atom stereocenters. The average Bonchev–Trinajstić information content (AvgIpc) is 2.57. The first-order valence-electron chi connectivity index (χ1n) is 5.90. The molecule has 0 aliphatic carbocycles. The van der Waals surface area contributed by atoms with Crippen molar-refractivity contribution in [3.8, 4) is 0 Å². The maximum Gasteiger partial charge on any atom is 0.301 e. The molecule has 102 valence electrons. The Kier molecular flexibility index (Phi) is 3.60. The number of rotatable bonds is 3. The largest absolute Gasteiger partial charge is 0.314 e. The molecule has 1 aliphatic rings. The van der Waals surface area contributed by atoms with E-state index in [9.17, 15) is 8.42 Å². The molecule has 2 heterocycles. The van der Waals surface area contributed by atoms with Crippen molar-refractivity contribution in [3.05, 3.63) is 11.4 Å². The lowest BCUT2D eigenvalue weighted by molar-refractivity contribution is 0.362. The minimum Gasteiger partial charge on any atom is -0.314 e. The van der Waals surface area contributed by atoms with Crippen molar-refractivity contribution in [1.82, 2.24) is 19.4 Å². The van der Waals surface area contributed by atoms with Gasteiger partial charge < -0.3 is 5.32 Å². The van der Waals surface area contributed by atoms with E-state index >= 15 is 0 Å². The van der Waals surface area contributed by atoms with Crippen LogP contribution in [0.1, 0.15) is 11.4 Å². The van der Waals surface area contributed by atoms with Crippen molar-refractivity contribution in [2.24, 2.45) is 7.05 Å². The van der Waals surface area contributed by atoms with Crippen LogP contribution in [-0.2, 0) is 17.3 Å². The van der Waals surface area contributed by atoms with Gasteiger partial charge in [0.05, 0.1) is 17.1 Å². The van der Waals surface area contributed by atoms with Gasteiger partial charge >= 0.3 is 10.2 Å². The third kappa shape index (κ3) is 2.50. The average molecular weight is 273 g/mol. The number of nitrogens with one attached hydrogen (secondary N) is 2. The summed E-state index contributed by atoms with van der Waals surface area (Å²) in [5.41, 5.74) is 2.08. The summed E-state index contributed by atoms with van der Waals surface area (Å²) in [7, 11) is -1.68. The van der Waals surface area contributed by atoms with Crippen molar-refractivity contribution in [2.75, 3.05) is 30.9 Å². The van der Waals surface area contributed by atoms with E-state index in [-0.39, 0.29) is 0 Å². The highest BCUT2D eigenvalue weighted by atomic mass is 32.2. The molecule has 0 radical (unpaired) electrons. The van der Waals surface area contributed by atoms with Gasteiger partial charge in [-0.2, -0.15) is 17.8 Å². The van der Waals surface area contributed by atoms with Gasteiger partial charge in [-0.15, -0.1) is 0 Å². The Morgan fingerprint density at radius 2 is 1.89 bits per heavy atom. The van der Waals surface area contributed by atoms with Crippen LogP contribution in [0.25, 0.3) is 0 Å². The molecule has 1 fully saturated rings. The molecular formula is C10H19N5O2S. The number of anilines is 1. The Morgan fingerprint density at radius 1 is 1.28 bits per heavy atom. The van der Waals surface area contributed by atoms with Crippen molar-refractivity contribution in [1.29, 1.82) is 0 Å². The Hall–Kier alpha value is -1.12. The maximum atomic E-state index is 12.2. The van der Waals surface area contributed by atoms with Gasteiger partial charge in [0.15, 0.2) is 0 Å². The first kappa shape index (κ1) is 13.3. The summed E-state index contributed by atoms with van der Waals surface area (Å²) >= 11 is 0. The fraction of sp³-hybridized carbons (Fsp3) is 0.700. The predicted octanol–water partition coefficient (Wildman–Crippen LogP) is -0.401. The van der Waals surface area contributed by atoms with E-state index in [1.807, 2.05) is 6.92 Å². The molecule has 1 aromatic heterocycles. The maximum absolute atomic E-state index is 12.2. The molecule has 2 N–H and O–H groups in total. The number of hydrogen-bond donors (Lipinski definition) is 2. The molecule has 2 rings (SSSR count). The molecule has 0 unspecified atom stereocenters. The molecule has 8 heteroatoms. The zero-order chi connectivity index (χ0) is 13.3. The summed E-state index contributed by atoms with van der Waals surface area (Å²) < 4.78 is 30.2.